The number of carboxylic acid groups (broad SMARTS) is 2. The number of anilines is 1. The van der Waals surface area contributed by atoms with Gasteiger partial charge < -0.3 is 25.3 Å². The molecule has 1 aromatic rings. The summed E-state index contributed by atoms with van der Waals surface area (Å²) in [7, 11) is 0. The van der Waals surface area contributed by atoms with E-state index in [1.165, 1.54) is 0 Å². The Kier molecular flexibility index (Phi) is 7.55. The zero-order valence-electron chi connectivity index (χ0n) is 12.9. The van der Waals surface area contributed by atoms with Crippen LogP contribution in [0, 0.1) is 0 Å². The van der Waals surface area contributed by atoms with Gasteiger partial charge in [-0.05, 0) is 18.7 Å². The quantitative estimate of drug-likeness (QED) is 0.701. The van der Waals surface area contributed by atoms with Crippen molar-refractivity contribution in [3.05, 3.63) is 30.3 Å². The van der Waals surface area contributed by atoms with Crippen molar-refractivity contribution in [2.75, 3.05) is 38.0 Å². The normalized spacial score (nSPS) is 14.4. The average molecular weight is 323 g/mol. The molecule has 0 saturated carbocycles. The molecule has 0 atom stereocenters. The van der Waals surface area contributed by atoms with Crippen LogP contribution in [0.5, 0.6) is 0 Å². The molecule has 1 saturated heterocycles. The first kappa shape index (κ1) is 18.4. The van der Waals surface area contributed by atoms with Gasteiger partial charge in [0.05, 0.1) is 0 Å². The Bertz CT molecular complexity index is 515. The standard InChI is InChI=1S/C13H19N3O.C2H2O4/c1-2-15-8-10-16(11-9-15)13(17)14-12-6-4-3-5-7-12;3-1(4)2(5)6/h3-7H,2,8-11H2,1H3,(H,14,17);(H,3,4)(H,5,6). The van der Waals surface area contributed by atoms with Crippen molar-refractivity contribution in [1.29, 1.82) is 0 Å². The van der Waals surface area contributed by atoms with Crippen LogP contribution in [0.1, 0.15) is 6.92 Å². The van der Waals surface area contributed by atoms with Gasteiger partial charge in [0, 0.05) is 31.9 Å². The van der Waals surface area contributed by atoms with Crippen molar-refractivity contribution >= 4 is 23.7 Å². The predicted octanol–water partition coefficient (Wildman–Crippen LogP) is 1.01. The summed E-state index contributed by atoms with van der Waals surface area (Å²) in [5, 5.41) is 17.7. The Morgan fingerprint density at radius 3 is 1.96 bits per heavy atom. The van der Waals surface area contributed by atoms with E-state index in [-0.39, 0.29) is 6.03 Å². The molecule has 0 radical (unpaired) electrons. The third kappa shape index (κ3) is 6.79. The molecule has 2 rings (SSSR count). The number of hydrogen-bond acceptors (Lipinski definition) is 4. The maximum atomic E-state index is 12.0. The number of hydrogen-bond donors (Lipinski definition) is 3. The van der Waals surface area contributed by atoms with Gasteiger partial charge >= 0.3 is 18.0 Å². The number of carbonyl (C=O) groups excluding carboxylic acids is 1. The molecule has 8 heteroatoms. The number of amides is 2. The lowest BCUT2D eigenvalue weighted by molar-refractivity contribution is -0.159. The van der Waals surface area contributed by atoms with E-state index in [1.54, 1.807) is 0 Å². The first-order valence-corrected chi connectivity index (χ1v) is 7.23. The van der Waals surface area contributed by atoms with Crippen molar-refractivity contribution in [2.45, 2.75) is 6.92 Å². The first-order chi connectivity index (χ1) is 10.9. The van der Waals surface area contributed by atoms with E-state index in [0.717, 1.165) is 38.4 Å². The molecule has 1 aromatic carbocycles. The maximum Gasteiger partial charge on any atom is 0.414 e. The topological polar surface area (TPSA) is 110 Å². The lowest BCUT2D eigenvalue weighted by atomic mass is 10.3. The summed E-state index contributed by atoms with van der Waals surface area (Å²) < 4.78 is 0. The molecule has 23 heavy (non-hydrogen) atoms. The van der Waals surface area contributed by atoms with Crippen LogP contribution in [0.2, 0.25) is 0 Å². The van der Waals surface area contributed by atoms with Gasteiger partial charge in [0.25, 0.3) is 0 Å². The molecular weight excluding hydrogens is 302 g/mol. The Labute approximate surface area is 134 Å². The summed E-state index contributed by atoms with van der Waals surface area (Å²) >= 11 is 0. The number of carboxylic acids is 2. The number of benzene rings is 1. The second kappa shape index (κ2) is 9.42. The van der Waals surface area contributed by atoms with Crippen LogP contribution in [0.3, 0.4) is 0 Å². The number of urea groups is 1. The number of aliphatic carboxylic acids is 2. The fourth-order valence-electron chi connectivity index (χ4n) is 1.99. The second-order valence-electron chi connectivity index (χ2n) is 4.83. The Morgan fingerprint density at radius 1 is 1.00 bits per heavy atom. The van der Waals surface area contributed by atoms with E-state index in [1.807, 2.05) is 35.2 Å². The largest absolute Gasteiger partial charge is 0.473 e. The third-order valence-corrected chi connectivity index (χ3v) is 3.31. The number of nitrogens with zero attached hydrogens (tertiary/aromatic N) is 2. The average Bonchev–Trinajstić information content (AvgIpc) is 2.56. The summed E-state index contributed by atoms with van der Waals surface area (Å²) in [6.07, 6.45) is 0. The van der Waals surface area contributed by atoms with E-state index in [9.17, 15) is 4.79 Å². The monoisotopic (exact) mass is 323 g/mol. The summed E-state index contributed by atoms with van der Waals surface area (Å²) in [4.78, 5) is 34.4. The molecule has 1 aliphatic heterocycles. The Balaban J connectivity index is 0.000000379. The fraction of sp³-hybridized carbons (Fsp3) is 0.400. The molecule has 1 aliphatic rings. The van der Waals surface area contributed by atoms with E-state index in [2.05, 4.69) is 17.1 Å². The molecule has 0 bridgehead atoms. The lowest BCUT2D eigenvalue weighted by Crippen LogP contribution is -2.49. The smallest absolute Gasteiger partial charge is 0.414 e. The minimum Gasteiger partial charge on any atom is -0.473 e. The van der Waals surface area contributed by atoms with E-state index >= 15 is 0 Å². The summed E-state index contributed by atoms with van der Waals surface area (Å²) in [6, 6.07) is 9.60. The van der Waals surface area contributed by atoms with Crippen LogP contribution in [-0.2, 0) is 9.59 Å². The van der Waals surface area contributed by atoms with Crippen LogP contribution in [0.25, 0.3) is 0 Å². The lowest BCUT2D eigenvalue weighted by Gasteiger charge is -2.33. The van der Waals surface area contributed by atoms with Crippen LogP contribution in [0.4, 0.5) is 10.5 Å². The van der Waals surface area contributed by atoms with Crippen LogP contribution in [-0.4, -0.2) is 70.7 Å². The van der Waals surface area contributed by atoms with Gasteiger partial charge in [-0.3, -0.25) is 0 Å². The molecule has 126 valence electrons. The SMILES string of the molecule is CCN1CCN(C(=O)Nc2ccccc2)CC1.O=C(O)C(=O)O. The van der Waals surface area contributed by atoms with E-state index < -0.39 is 11.9 Å². The Hall–Kier alpha value is -2.61. The zero-order chi connectivity index (χ0) is 17.2. The highest BCUT2D eigenvalue weighted by atomic mass is 16.4. The highest BCUT2D eigenvalue weighted by molar-refractivity contribution is 6.27. The molecule has 0 aromatic heterocycles. The van der Waals surface area contributed by atoms with Crippen LogP contribution >= 0.6 is 0 Å². The number of piperazine rings is 1. The highest BCUT2D eigenvalue weighted by Crippen LogP contribution is 2.08. The zero-order valence-corrected chi connectivity index (χ0v) is 12.9. The molecule has 1 heterocycles. The molecule has 1 fully saturated rings. The number of carbonyl (C=O) groups is 3. The summed E-state index contributed by atoms with van der Waals surface area (Å²) in [6.45, 7) is 6.78. The molecular formula is C15H21N3O5. The van der Waals surface area contributed by atoms with Crippen molar-refractivity contribution in [3.63, 3.8) is 0 Å². The molecule has 0 unspecified atom stereocenters. The molecule has 3 N–H and O–H groups in total. The highest BCUT2D eigenvalue weighted by Gasteiger charge is 2.19. The third-order valence-electron chi connectivity index (χ3n) is 3.31. The molecule has 8 nitrogen and oxygen atoms in total. The fourth-order valence-corrected chi connectivity index (χ4v) is 1.99. The van der Waals surface area contributed by atoms with Crippen LogP contribution < -0.4 is 5.32 Å². The van der Waals surface area contributed by atoms with E-state index in [4.69, 9.17) is 19.8 Å². The van der Waals surface area contributed by atoms with Crippen molar-refractivity contribution < 1.29 is 24.6 Å². The van der Waals surface area contributed by atoms with Gasteiger partial charge in [-0.25, -0.2) is 14.4 Å². The maximum absolute atomic E-state index is 12.0. The molecule has 0 spiro atoms. The van der Waals surface area contributed by atoms with Gasteiger partial charge in [0.1, 0.15) is 0 Å². The van der Waals surface area contributed by atoms with Crippen molar-refractivity contribution in [1.82, 2.24) is 9.80 Å². The summed E-state index contributed by atoms with van der Waals surface area (Å²) in [5.41, 5.74) is 0.857. The van der Waals surface area contributed by atoms with Crippen molar-refractivity contribution in [3.8, 4) is 0 Å². The van der Waals surface area contributed by atoms with Gasteiger partial charge in [-0.1, -0.05) is 25.1 Å². The van der Waals surface area contributed by atoms with Gasteiger partial charge in [-0.2, -0.15) is 0 Å². The van der Waals surface area contributed by atoms with E-state index in [0.29, 0.717) is 0 Å². The van der Waals surface area contributed by atoms with Gasteiger partial charge in [-0.15, -0.1) is 0 Å². The Morgan fingerprint density at radius 2 is 1.52 bits per heavy atom. The molecule has 0 aliphatic carbocycles. The van der Waals surface area contributed by atoms with Crippen molar-refractivity contribution in [2.24, 2.45) is 0 Å². The van der Waals surface area contributed by atoms with Crippen LogP contribution in [0.15, 0.2) is 30.3 Å². The number of likely N-dealkylation sites (N-methyl/N-ethyl adjacent to an activating group) is 1. The minimum atomic E-state index is -1.82. The number of nitrogens with one attached hydrogen (secondary N) is 1. The number of para-hydroxylation sites is 1. The predicted molar refractivity (Wildman–Crippen MR) is 84.4 cm³/mol. The number of rotatable bonds is 2. The second-order valence-corrected chi connectivity index (χ2v) is 4.83. The van der Waals surface area contributed by atoms with Gasteiger partial charge in [0.2, 0.25) is 0 Å². The molecule has 2 amide bonds. The minimum absolute atomic E-state index is 0.00644. The first-order valence-electron chi connectivity index (χ1n) is 7.23. The van der Waals surface area contributed by atoms with Gasteiger partial charge in [0.15, 0.2) is 0 Å². The summed E-state index contributed by atoms with van der Waals surface area (Å²) in [5.74, 6) is -3.65.